The van der Waals surface area contributed by atoms with Crippen molar-refractivity contribution in [3.8, 4) is 5.75 Å². The van der Waals surface area contributed by atoms with Gasteiger partial charge in [-0.05, 0) is 24.5 Å². The summed E-state index contributed by atoms with van der Waals surface area (Å²) in [6.45, 7) is 4.01. The average molecular weight is 234 g/mol. The zero-order valence-corrected chi connectivity index (χ0v) is 10.1. The second kappa shape index (κ2) is 6.03. The first-order chi connectivity index (χ1) is 8.00. The molecule has 1 atom stereocenters. The highest BCUT2D eigenvalue weighted by Gasteiger charge is 2.14. The Bertz CT molecular complexity index is 414. The molecule has 0 aliphatic rings. The Morgan fingerprint density at radius 3 is 2.65 bits per heavy atom. The van der Waals surface area contributed by atoms with Crippen LogP contribution in [0, 0.1) is 5.92 Å². The van der Waals surface area contributed by atoms with Crippen LogP contribution in [0.4, 0.5) is 0 Å². The summed E-state index contributed by atoms with van der Waals surface area (Å²) in [7, 11) is 0. The van der Waals surface area contributed by atoms with Crippen molar-refractivity contribution in [3.05, 3.63) is 29.8 Å². The Kier molecular flexibility index (Phi) is 4.69. The van der Waals surface area contributed by atoms with Crippen LogP contribution in [-0.4, -0.2) is 23.3 Å². The second-order valence-corrected chi connectivity index (χ2v) is 4.38. The number of phenolic OH excluding ortho intramolecular Hbond substituents is 1. The molecule has 17 heavy (non-hydrogen) atoms. The summed E-state index contributed by atoms with van der Waals surface area (Å²) in [4.78, 5) is 15.3. The van der Waals surface area contributed by atoms with Gasteiger partial charge < -0.3 is 10.8 Å². The van der Waals surface area contributed by atoms with E-state index in [0.29, 0.717) is 17.9 Å². The summed E-state index contributed by atoms with van der Waals surface area (Å²) in [5.41, 5.74) is 5.86. The normalized spacial score (nSPS) is 13.1. The van der Waals surface area contributed by atoms with Gasteiger partial charge in [-0.2, -0.15) is 0 Å². The van der Waals surface area contributed by atoms with E-state index in [1.165, 1.54) is 6.21 Å². The van der Waals surface area contributed by atoms with Gasteiger partial charge in [-0.15, -0.1) is 0 Å². The van der Waals surface area contributed by atoms with Gasteiger partial charge in [-0.3, -0.25) is 9.79 Å². The van der Waals surface area contributed by atoms with Crippen molar-refractivity contribution < 1.29 is 9.90 Å². The van der Waals surface area contributed by atoms with Crippen molar-refractivity contribution in [1.82, 2.24) is 0 Å². The molecule has 4 nitrogen and oxygen atoms in total. The van der Waals surface area contributed by atoms with Crippen LogP contribution in [0.15, 0.2) is 29.3 Å². The number of amides is 1. The Morgan fingerprint density at radius 1 is 1.47 bits per heavy atom. The molecule has 0 bridgehead atoms. The lowest BCUT2D eigenvalue weighted by Crippen LogP contribution is -2.28. The molecule has 1 rings (SSSR count). The summed E-state index contributed by atoms with van der Waals surface area (Å²) in [6, 6.07) is 6.29. The molecule has 1 amide bonds. The van der Waals surface area contributed by atoms with Crippen LogP contribution in [0.3, 0.4) is 0 Å². The fourth-order valence-electron chi connectivity index (χ4n) is 1.46. The first-order valence-corrected chi connectivity index (χ1v) is 5.61. The van der Waals surface area contributed by atoms with E-state index in [9.17, 15) is 9.90 Å². The molecule has 0 radical (unpaired) electrons. The molecule has 92 valence electrons. The molecule has 1 aromatic rings. The predicted molar refractivity (Wildman–Crippen MR) is 68.1 cm³/mol. The number of aliphatic imine (C=N–C) groups is 1. The van der Waals surface area contributed by atoms with Crippen molar-refractivity contribution in [1.29, 1.82) is 0 Å². The van der Waals surface area contributed by atoms with Gasteiger partial charge in [0.1, 0.15) is 11.8 Å². The Labute approximate surface area is 101 Å². The van der Waals surface area contributed by atoms with E-state index < -0.39 is 11.9 Å². The van der Waals surface area contributed by atoms with Gasteiger partial charge in [-0.1, -0.05) is 26.0 Å². The minimum Gasteiger partial charge on any atom is -0.507 e. The number of hydrogen-bond donors (Lipinski definition) is 2. The smallest absolute Gasteiger partial charge is 0.242 e. The number of primary amides is 1. The summed E-state index contributed by atoms with van der Waals surface area (Å²) in [5.74, 6) is 0.0448. The van der Waals surface area contributed by atoms with Gasteiger partial charge in [0.05, 0.1) is 0 Å². The number of hydrogen-bond acceptors (Lipinski definition) is 3. The molecular formula is C13H18N2O2. The van der Waals surface area contributed by atoms with Crippen molar-refractivity contribution in [2.75, 3.05) is 0 Å². The fourth-order valence-corrected chi connectivity index (χ4v) is 1.46. The van der Waals surface area contributed by atoms with Crippen molar-refractivity contribution in [2.45, 2.75) is 26.3 Å². The number of nitrogens with two attached hydrogens (primary N) is 1. The van der Waals surface area contributed by atoms with Crippen molar-refractivity contribution in [2.24, 2.45) is 16.6 Å². The maximum Gasteiger partial charge on any atom is 0.242 e. The average Bonchev–Trinajstić information content (AvgIpc) is 2.25. The molecule has 0 fully saturated rings. The summed E-state index contributed by atoms with van der Waals surface area (Å²) in [6.07, 6.45) is 2.10. The topological polar surface area (TPSA) is 75.7 Å². The number of carbonyl (C=O) groups is 1. The van der Waals surface area contributed by atoms with E-state index >= 15 is 0 Å². The van der Waals surface area contributed by atoms with Gasteiger partial charge in [0, 0.05) is 11.8 Å². The summed E-state index contributed by atoms with van der Waals surface area (Å²) >= 11 is 0. The molecular weight excluding hydrogens is 216 g/mol. The van der Waals surface area contributed by atoms with Crippen LogP contribution in [0.2, 0.25) is 0 Å². The standard InChI is InChI=1S/C13H18N2O2/c1-9(2)7-11(13(14)17)15-8-10-5-3-4-6-12(10)16/h3-6,8-9,11,16H,7H2,1-2H3,(H2,14,17)/b15-8+/t11-/m0/s1. The van der Waals surface area contributed by atoms with Gasteiger partial charge in [0.25, 0.3) is 0 Å². The number of rotatable bonds is 5. The molecule has 4 heteroatoms. The maximum atomic E-state index is 11.2. The quantitative estimate of drug-likeness (QED) is 0.761. The molecule has 0 aliphatic carbocycles. The number of carbonyl (C=O) groups excluding carboxylic acids is 1. The van der Waals surface area contributed by atoms with Crippen LogP contribution >= 0.6 is 0 Å². The first kappa shape index (κ1) is 13.2. The second-order valence-electron chi connectivity index (χ2n) is 4.38. The van der Waals surface area contributed by atoms with Crippen LogP contribution in [0.25, 0.3) is 0 Å². The molecule has 0 unspecified atom stereocenters. The number of benzene rings is 1. The van der Waals surface area contributed by atoms with Crippen LogP contribution in [0.5, 0.6) is 5.75 Å². The lowest BCUT2D eigenvalue weighted by Gasteiger charge is -2.10. The number of phenols is 1. The lowest BCUT2D eigenvalue weighted by molar-refractivity contribution is -0.119. The minimum atomic E-state index is -0.533. The van der Waals surface area contributed by atoms with Crippen LogP contribution in [0.1, 0.15) is 25.8 Å². The lowest BCUT2D eigenvalue weighted by atomic mass is 10.0. The molecule has 3 N–H and O–H groups in total. The first-order valence-electron chi connectivity index (χ1n) is 5.61. The third-order valence-electron chi connectivity index (χ3n) is 2.35. The highest BCUT2D eigenvalue weighted by Crippen LogP contribution is 2.14. The Morgan fingerprint density at radius 2 is 2.12 bits per heavy atom. The SMILES string of the molecule is CC(C)C[C@H](/N=C/c1ccccc1O)C(N)=O. The third kappa shape index (κ3) is 4.26. The van der Waals surface area contributed by atoms with E-state index in [4.69, 9.17) is 5.73 Å². The Balaban J connectivity index is 2.80. The molecule has 0 aromatic heterocycles. The number of nitrogens with zero attached hydrogens (tertiary/aromatic N) is 1. The molecule has 0 spiro atoms. The Hall–Kier alpha value is -1.84. The highest BCUT2D eigenvalue weighted by atomic mass is 16.3. The molecule has 0 saturated carbocycles. The van der Waals surface area contributed by atoms with Crippen LogP contribution in [-0.2, 0) is 4.79 Å². The monoisotopic (exact) mass is 234 g/mol. The summed E-state index contributed by atoms with van der Waals surface area (Å²) < 4.78 is 0. The van der Waals surface area contributed by atoms with E-state index in [1.807, 2.05) is 13.8 Å². The number of para-hydroxylation sites is 1. The van der Waals surface area contributed by atoms with Crippen molar-refractivity contribution >= 4 is 12.1 Å². The van der Waals surface area contributed by atoms with Gasteiger partial charge in [0.15, 0.2) is 0 Å². The van der Waals surface area contributed by atoms with E-state index in [2.05, 4.69) is 4.99 Å². The van der Waals surface area contributed by atoms with Gasteiger partial charge in [0.2, 0.25) is 5.91 Å². The highest BCUT2D eigenvalue weighted by molar-refractivity contribution is 5.87. The number of aromatic hydroxyl groups is 1. The summed E-state index contributed by atoms with van der Waals surface area (Å²) in [5, 5.41) is 9.54. The zero-order chi connectivity index (χ0) is 12.8. The third-order valence-corrected chi connectivity index (χ3v) is 2.35. The van der Waals surface area contributed by atoms with Gasteiger partial charge in [-0.25, -0.2) is 0 Å². The minimum absolute atomic E-state index is 0.143. The van der Waals surface area contributed by atoms with E-state index in [0.717, 1.165) is 0 Å². The van der Waals surface area contributed by atoms with Gasteiger partial charge >= 0.3 is 0 Å². The fraction of sp³-hybridized carbons (Fsp3) is 0.385. The largest absolute Gasteiger partial charge is 0.507 e. The molecule has 0 saturated heterocycles. The molecule has 1 aromatic carbocycles. The maximum absolute atomic E-state index is 11.2. The predicted octanol–water partition coefficient (Wildman–Crippen LogP) is 1.71. The molecule has 0 heterocycles. The van der Waals surface area contributed by atoms with E-state index in [1.54, 1.807) is 24.3 Å². The zero-order valence-electron chi connectivity index (χ0n) is 10.1. The molecule has 0 aliphatic heterocycles. The van der Waals surface area contributed by atoms with E-state index in [-0.39, 0.29) is 5.75 Å². The van der Waals surface area contributed by atoms with Crippen molar-refractivity contribution in [3.63, 3.8) is 0 Å². The van der Waals surface area contributed by atoms with Crippen LogP contribution < -0.4 is 5.73 Å².